The second kappa shape index (κ2) is 10.1. The number of carbonyl (C=O) groups excluding carboxylic acids is 1. The number of thiazole rings is 1. The lowest BCUT2D eigenvalue weighted by molar-refractivity contribution is -0.140. The van der Waals surface area contributed by atoms with Crippen molar-refractivity contribution in [3.8, 4) is 5.75 Å². The molecule has 0 saturated heterocycles. The van der Waals surface area contributed by atoms with E-state index in [-0.39, 0.29) is 17.7 Å². The molecule has 0 spiro atoms. The van der Waals surface area contributed by atoms with Gasteiger partial charge >= 0.3 is 11.9 Å². The summed E-state index contributed by atoms with van der Waals surface area (Å²) in [5.41, 5.74) is 1.41. The summed E-state index contributed by atoms with van der Waals surface area (Å²) in [6.45, 7) is 3.02. The number of fused-ring (bicyclic) bond motifs is 1. The summed E-state index contributed by atoms with van der Waals surface area (Å²) in [7, 11) is 0. The average Bonchev–Trinajstić information content (AvgIpc) is 3.12. The molecule has 35 heavy (non-hydrogen) atoms. The molecule has 4 rings (SSSR count). The normalized spacial score (nSPS) is 15.4. The number of aliphatic carboxylic acids is 1. The second-order valence-corrected chi connectivity index (χ2v) is 8.62. The Bertz CT molecular complexity index is 1500. The number of carbonyl (C=O) groups is 2. The van der Waals surface area contributed by atoms with E-state index in [9.17, 15) is 18.8 Å². The zero-order chi connectivity index (χ0) is 25.1. The van der Waals surface area contributed by atoms with Crippen molar-refractivity contribution < 1.29 is 28.6 Å². The molecule has 10 heteroatoms. The lowest BCUT2D eigenvalue weighted by Crippen LogP contribution is -2.39. The minimum atomic E-state index is -1.10. The third-order valence-corrected chi connectivity index (χ3v) is 6.20. The summed E-state index contributed by atoms with van der Waals surface area (Å²) in [5.74, 6) is -1.79. The summed E-state index contributed by atoms with van der Waals surface area (Å²) < 4.78 is 25.8. The number of ether oxygens (including phenoxy) is 2. The quantitative estimate of drug-likeness (QED) is 0.504. The van der Waals surface area contributed by atoms with Gasteiger partial charge in [0.15, 0.2) is 11.4 Å². The SMILES string of the molecule is CCOC(=O)C1=C(C)N=c2sc(=Cc3cccc(OCC(=O)O)c3)c(=O)n2C1c1ccc(F)cc1. The van der Waals surface area contributed by atoms with Gasteiger partial charge in [-0.25, -0.2) is 19.0 Å². The first-order chi connectivity index (χ1) is 16.8. The molecule has 1 aromatic heterocycles. The topological polar surface area (TPSA) is 107 Å². The van der Waals surface area contributed by atoms with Crippen LogP contribution in [0.4, 0.5) is 4.39 Å². The molecular formula is C25H21FN2O6S. The van der Waals surface area contributed by atoms with E-state index in [1.807, 2.05) is 0 Å². The van der Waals surface area contributed by atoms with Crippen molar-refractivity contribution in [1.82, 2.24) is 4.57 Å². The Labute approximate surface area is 202 Å². The van der Waals surface area contributed by atoms with Gasteiger partial charge in [0.2, 0.25) is 0 Å². The molecule has 2 heterocycles. The maximum atomic E-state index is 13.6. The molecule has 0 saturated carbocycles. The minimum Gasteiger partial charge on any atom is -0.482 e. The van der Waals surface area contributed by atoms with Gasteiger partial charge in [0.25, 0.3) is 5.56 Å². The highest BCUT2D eigenvalue weighted by Gasteiger charge is 2.33. The fourth-order valence-corrected chi connectivity index (χ4v) is 4.79. The van der Waals surface area contributed by atoms with Crippen LogP contribution in [-0.4, -0.2) is 34.8 Å². The van der Waals surface area contributed by atoms with E-state index in [0.29, 0.717) is 31.9 Å². The number of carboxylic acid groups (broad SMARTS) is 1. The Kier molecular flexibility index (Phi) is 6.92. The smallest absolute Gasteiger partial charge is 0.341 e. The standard InChI is InChI=1S/C25H21FN2O6S/c1-3-33-24(32)21-14(2)27-25-28(22(21)16-7-9-17(26)10-8-16)23(31)19(35-25)12-15-5-4-6-18(11-15)34-13-20(29)30/h4-12,22H,3,13H2,1-2H3,(H,29,30). The van der Waals surface area contributed by atoms with Gasteiger partial charge in [-0.3, -0.25) is 9.36 Å². The molecular weight excluding hydrogens is 475 g/mol. The molecule has 1 aliphatic heterocycles. The van der Waals surface area contributed by atoms with Crippen molar-refractivity contribution in [3.63, 3.8) is 0 Å². The lowest BCUT2D eigenvalue weighted by atomic mass is 9.96. The number of hydrogen-bond donors (Lipinski definition) is 1. The number of aromatic nitrogens is 1. The van der Waals surface area contributed by atoms with E-state index in [2.05, 4.69) is 4.99 Å². The van der Waals surface area contributed by atoms with Crippen LogP contribution in [0.15, 0.2) is 69.6 Å². The summed E-state index contributed by atoms with van der Waals surface area (Å²) in [6.07, 6.45) is 1.64. The van der Waals surface area contributed by atoms with Crippen molar-refractivity contribution in [1.29, 1.82) is 0 Å². The summed E-state index contributed by atoms with van der Waals surface area (Å²) in [4.78, 5) is 42.0. The first-order valence-electron chi connectivity index (χ1n) is 10.7. The van der Waals surface area contributed by atoms with Gasteiger partial charge in [0.05, 0.1) is 28.5 Å². The van der Waals surface area contributed by atoms with Crippen LogP contribution in [0.2, 0.25) is 0 Å². The second-order valence-electron chi connectivity index (χ2n) is 7.61. The van der Waals surface area contributed by atoms with Gasteiger partial charge in [-0.05, 0) is 55.3 Å². The largest absolute Gasteiger partial charge is 0.482 e. The van der Waals surface area contributed by atoms with Crippen LogP contribution >= 0.6 is 11.3 Å². The average molecular weight is 497 g/mol. The van der Waals surface area contributed by atoms with Crippen molar-refractivity contribution in [2.75, 3.05) is 13.2 Å². The van der Waals surface area contributed by atoms with Gasteiger partial charge in [-0.15, -0.1) is 0 Å². The molecule has 1 aliphatic rings. The van der Waals surface area contributed by atoms with Crippen LogP contribution in [0.3, 0.4) is 0 Å². The number of halogens is 1. The van der Waals surface area contributed by atoms with Crippen molar-refractivity contribution in [2.45, 2.75) is 19.9 Å². The molecule has 180 valence electrons. The summed E-state index contributed by atoms with van der Waals surface area (Å²) >= 11 is 1.15. The van der Waals surface area contributed by atoms with Crippen LogP contribution in [0.5, 0.6) is 5.75 Å². The van der Waals surface area contributed by atoms with Gasteiger partial charge in [0.1, 0.15) is 11.6 Å². The molecule has 0 aliphatic carbocycles. The number of hydrogen-bond acceptors (Lipinski definition) is 7. The first-order valence-corrected chi connectivity index (χ1v) is 11.5. The van der Waals surface area contributed by atoms with E-state index in [1.165, 1.54) is 28.8 Å². The Balaban J connectivity index is 1.85. The zero-order valence-electron chi connectivity index (χ0n) is 18.9. The van der Waals surface area contributed by atoms with Gasteiger partial charge in [0, 0.05) is 0 Å². The maximum Gasteiger partial charge on any atom is 0.341 e. The Morgan fingerprint density at radius 2 is 1.97 bits per heavy atom. The van der Waals surface area contributed by atoms with E-state index < -0.39 is 30.4 Å². The number of nitrogens with zero attached hydrogens (tertiary/aromatic N) is 2. The number of benzene rings is 2. The number of esters is 1. The molecule has 0 fully saturated rings. The van der Waals surface area contributed by atoms with Crippen molar-refractivity contribution in [3.05, 3.63) is 96.4 Å². The summed E-state index contributed by atoms with van der Waals surface area (Å²) in [5, 5.41) is 8.82. The van der Waals surface area contributed by atoms with Crippen molar-refractivity contribution in [2.24, 2.45) is 4.99 Å². The van der Waals surface area contributed by atoms with Crippen LogP contribution < -0.4 is 19.6 Å². The maximum absolute atomic E-state index is 13.6. The molecule has 0 radical (unpaired) electrons. The molecule has 8 nitrogen and oxygen atoms in total. The Morgan fingerprint density at radius 3 is 2.66 bits per heavy atom. The number of rotatable bonds is 7. The molecule has 1 unspecified atom stereocenters. The summed E-state index contributed by atoms with van der Waals surface area (Å²) in [6, 6.07) is 11.4. The first kappa shape index (κ1) is 24.1. The monoisotopic (exact) mass is 496 g/mol. The molecule has 0 amide bonds. The molecule has 1 atom stereocenters. The lowest BCUT2D eigenvalue weighted by Gasteiger charge is -2.24. The number of carboxylic acids is 1. The highest BCUT2D eigenvalue weighted by atomic mass is 32.1. The van der Waals surface area contributed by atoms with E-state index >= 15 is 0 Å². The van der Waals surface area contributed by atoms with E-state index in [1.54, 1.807) is 44.2 Å². The van der Waals surface area contributed by atoms with Gasteiger partial charge in [-0.2, -0.15) is 0 Å². The van der Waals surface area contributed by atoms with Gasteiger partial charge in [-0.1, -0.05) is 35.6 Å². The molecule has 3 aromatic rings. The van der Waals surface area contributed by atoms with Crippen LogP contribution in [0.1, 0.15) is 31.0 Å². The highest BCUT2D eigenvalue weighted by molar-refractivity contribution is 7.07. The van der Waals surface area contributed by atoms with Crippen LogP contribution in [0, 0.1) is 5.82 Å². The fourth-order valence-electron chi connectivity index (χ4n) is 3.74. The number of allylic oxidation sites excluding steroid dienone is 1. The third kappa shape index (κ3) is 5.07. The third-order valence-electron chi connectivity index (χ3n) is 5.22. The van der Waals surface area contributed by atoms with Crippen LogP contribution in [-0.2, 0) is 14.3 Å². The predicted molar refractivity (Wildman–Crippen MR) is 126 cm³/mol. The van der Waals surface area contributed by atoms with Gasteiger partial charge < -0.3 is 14.6 Å². The Morgan fingerprint density at radius 1 is 1.23 bits per heavy atom. The zero-order valence-corrected chi connectivity index (χ0v) is 19.7. The Hall–Kier alpha value is -4.05. The van der Waals surface area contributed by atoms with E-state index in [0.717, 1.165) is 11.3 Å². The molecule has 0 bridgehead atoms. The fraction of sp³-hybridized carbons (Fsp3) is 0.200. The van der Waals surface area contributed by atoms with Crippen LogP contribution in [0.25, 0.3) is 6.08 Å². The minimum absolute atomic E-state index is 0.149. The highest BCUT2D eigenvalue weighted by Crippen LogP contribution is 2.30. The van der Waals surface area contributed by atoms with Crippen molar-refractivity contribution >= 4 is 29.4 Å². The van der Waals surface area contributed by atoms with E-state index in [4.69, 9.17) is 14.6 Å². The predicted octanol–water partition coefficient (Wildman–Crippen LogP) is 2.40. The molecule has 1 N–H and O–H groups in total. The molecule has 2 aromatic carbocycles.